The van der Waals surface area contributed by atoms with Gasteiger partial charge >= 0.3 is 6.36 Å². The summed E-state index contributed by atoms with van der Waals surface area (Å²) in [4.78, 5) is 0. The van der Waals surface area contributed by atoms with E-state index in [1.165, 1.54) is 12.1 Å². The van der Waals surface area contributed by atoms with Gasteiger partial charge in [0.15, 0.2) is 0 Å². The minimum absolute atomic E-state index is 0.298. The summed E-state index contributed by atoms with van der Waals surface area (Å²) < 4.78 is 39.0. The van der Waals surface area contributed by atoms with E-state index in [0.717, 1.165) is 12.1 Å². The molecular formula is C9H8BrF3O2. The van der Waals surface area contributed by atoms with Crippen LogP contribution in [0.25, 0.3) is 0 Å². The minimum Gasteiger partial charge on any atom is -0.406 e. The molecule has 15 heavy (non-hydrogen) atoms. The van der Waals surface area contributed by atoms with Crippen LogP contribution in [0.15, 0.2) is 24.3 Å². The number of hydrogen-bond donors (Lipinski definition) is 1. The van der Waals surface area contributed by atoms with Crippen molar-refractivity contribution in [3.8, 4) is 5.75 Å². The maximum atomic E-state index is 11.8. The highest BCUT2D eigenvalue weighted by molar-refractivity contribution is 9.09. The quantitative estimate of drug-likeness (QED) is 0.865. The number of ether oxygens (including phenoxy) is 1. The molecule has 0 fully saturated rings. The molecule has 0 saturated heterocycles. The summed E-state index contributed by atoms with van der Waals surface area (Å²) >= 11 is 3.06. The fourth-order valence-electron chi connectivity index (χ4n) is 0.981. The maximum Gasteiger partial charge on any atom is 0.573 e. The maximum absolute atomic E-state index is 11.8. The highest BCUT2D eigenvalue weighted by Gasteiger charge is 2.30. The summed E-state index contributed by atoms with van der Waals surface area (Å²) in [7, 11) is 0. The predicted octanol–water partition coefficient (Wildman–Crippen LogP) is 3.01. The van der Waals surface area contributed by atoms with Gasteiger partial charge in [0.05, 0.1) is 6.10 Å². The summed E-state index contributed by atoms with van der Waals surface area (Å²) in [5.41, 5.74) is 0.529. The summed E-state index contributed by atoms with van der Waals surface area (Å²) in [6, 6.07) is 5.09. The molecule has 0 spiro atoms. The Morgan fingerprint density at radius 3 is 2.20 bits per heavy atom. The van der Waals surface area contributed by atoms with Crippen molar-refractivity contribution < 1.29 is 23.0 Å². The molecule has 0 amide bonds. The van der Waals surface area contributed by atoms with Crippen molar-refractivity contribution in [2.75, 3.05) is 5.33 Å². The van der Waals surface area contributed by atoms with Crippen LogP contribution in [-0.4, -0.2) is 16.8 Å². The van der Waals surface area contributed by atoms with Crippen molar-refractivity contribution in [1.82, 2.24) is 0 Å². The van der Waals surface area contributed by atoms with E-state index < -0.39 is 12.5 Å². The monoisotopic (exact) mass is 284 g/mol. The van der Waals surface area contributed by atoms with Gasteiger partial charge in [-0.1, -0.05) is 28.1 Å². The first-order valence-electron chi connectivity index (χ1n) is 4.02. The Labute approximate surface area is 92.8 Å². The van der Waals surface area contributed by atoms with Gasteiger partial charge in [-0.15, -0.1) is 13.2 Å². The summed E-state index contributed by atoms with van der Waals surface area (Å²) in [5.74, 6) is -0.298. The van der Waals surface area contributed by atoms with Crippen LogP contribution in [0.2, 0.25) is 0 Å². The standard InChI is InChI=1S/C9H8BrF3O2/c10-5-8(14)6-1-3-7(4-2-6)15-9(11,12)13/h1-4,8,14H,5H2/t8-/m0/s1. The average Bonchev–Trinajstić information content (AvgIpc) is 2.15. The van der Waals surface area contributed by atoms with Crippen LogP contribution >= 0.6 is 15.9 Å². The second-order valence-electron chi connectivity index (χ2n) is 2.79. The van der Waals surface area contributed by atoms with Gasteiger partial charge in [-0.3, -0.25) is 0 Å². The molecule has 0 aliphatic carbocycles. The molecule has 0 unspecified atom stereocenters. The van der Waals surface area contributed by atoms with Crippen LogP contribution in [0, 0.1) is 0 Å². The van der Waals surface area contributed by atoms with E-state index in [9.17, 15) is 18.3 Å². The molecule has 0 aromatic heterocycles. The molecule has 1 atom stereocenters. The van der Waals surface area contributed by atoms with Crippen LogP contribution < -0.4 is 4.74 Å². The lowest BCUT2D eigenvalue weighted by Gasteiger charge is -2.10. The van der Waals surface area contributed by atoms with Crippen molar-refractivity contribution in [3.05, 3.63) is 29.8 Å². The lowest BCUT2D eigenvalue weighted by molar-refractivity contribution is -0.274. The first-order chi connectivity index (χ1) is 6.92. The van der Waals surface area contributed by atoms with E-state index in [2.05, 4.69) is 20.7 Å². The zero-order valence-electron chi connectivity index (χ0n) is 7.46. The lowest BCUT2D eigenvalue weighted by atomic mass is 10.1. The zero-order chi connectivity index (χ0) is 11.5. The van der Waals surface area contributed by atoms with Crippen molar-refractivity contribution >= 4 is 15.9 Å². The first kappa shape index (κ1) is 12.3. The number of halogens is 4. The van der Waals surface area contributed by atoms with E-state index in [0.29, 0.717) is 10.9 Å². The second-order valence-corrected chi connectivity index (χ2v) is 3.43. The molecule has 1 N–H and O–H groups in total. The fraction of sp³-hybridized carbons (Fsp3) is 0.333. The van der Waals surface area contributed by atoms with Gasteiger partial charge in [0.2, 0.25) is 0 Å². The van der Waals surface area contributed by atoms with Crippen LogP contribution in [0.3, 0.4) is 0 Å². The SMILES string of the molecule is O[C@@H](CBr)c1ccc(OC(F)(F)F)cc1. The Morgan fingerprint density at radius 1 is 1.27 bits per heavy atom. The molecule has 0 bridgehead atoms. The Kier molecular flexibility index (Phi) is 3.98. The molecule has 0 heterocycles. The number of benzene rings is 1. The Bertz CT molecular complexity index is 310. The fourth-order valence-corrected chi connectivity index (χ4v) is 1.35. The summed E-state index contributed by atoms with van der Waals surface area (Å²) in [5, 5.41) is 9.67. The Hall–Kier alpha value is -0.750. The van der Waals surface area contributed by atoms with E-state index in [1.807, 2.05) is 0 Å². The first-order valence-corrected chi connectivity index (χ1v) is 5.14. The Balaban J connectivity index is 2.72. The average molecular weight is 285 g/mol. The molecule has 0 aliphatic heterocycles. The van der Waals surface area contributed by atoms with Crippen LogP contribution in [0.1, 0.15) is 11.7 Å². The molecule has 0 aliphatic rings. The van der Waals surface area contributed by atoms with Gasteiger partial charge in [0.1, 0.15) is 5.75 Å². The molecule has 0 saturated carbocycles. The van der Waals surface area contributed by atoms with Gasteiger partial charge in [0, 0.05) is 5.33 Å². The predicted molar refractivity (Wildman–Crippen MR) is 51.9 cm³/mol. The van der Waals surface area contributed by atoms with Gasteiger partial charge < -0.3 is 9.84 Å². The molecule has 1 aromatic rings. The third-order valence-electron chi connectivity index (χ3n) is 1.64. The van der Waals surface area contributed by atoms with E-state index >= 15 is 0 Å². The second kappa shape index (κ2) is 4.85. The molecular weight excluding hydrogens is 277 g/mol. The number of hydrogen-bond acceptors (Lipinski definition) is 2. The van der Waals surface area contributed by atoms with Gasteiger partial charge in [0.25, 0.3) is 0 Å². The normalized spacial score (nSPS) is 13.7. The lowest BCUT2D eigenvalue weighted by Crippen LogP contribution is -2.17. The summed E-state index contributed by atoms with van der Waals surface area (Å²) in [6.45, 7) is 0. The van der Waals surface area contributed by atoms with Crippen LogP contribution in [-0.2, 0) is 0 Å². The van der Waals surface area contributed by atoms with Crippen LogP contribution in [0.4, 0.5) is 13.2 Å². The Morgan fingerprint density at radius 2 is 1.80 bits per heavy atom. The third kappa shape index (κ3) is 4.09. The number of aliphatic hydroxyl groups is 1. The van der Waals surface area contributed by atoms with Gasteiger partial charge in [-0.05, 0) is 17.7 Å². The smallest absolute Gasteiger partial charge is 0.406 e. The molecule has 2 nitrogen and oxygen atoms in total. The van der Waals surface area contributed by atoms with Crippen LogP contribution in [0.5, 0.6) is 5.75 Å². The third-order valence-corrected chi connectivity index (χ3v) is 2.26. The highest BCUT2D eigenvalue weighted by Crippen LogP contribution is 2.24. The molecule has 84 valence electrons. The van der Waals surface area contributed by atoms with E-state index in [-0.39, 0.29) is 5.75 Å². The van der Waals surface area contributed by atoms with Gasteiger partial charge in [-0.2, -0.15) is 0 Å². The van der Waals surface area contributed by atoms with Crippen molar-refractivity contribution in [3.63, 3.8) is 0 Å². The van der Waals surface area contributed by atoms with E-state index in [1.54, 1.807) is 0 Å². The number of alkyl halides is 4. The number of rotatable bonds is 3. The largest absolute Gasteiger partial charge is 0.573 e. The summed E-state index contributed by atoms with van der Waals surface area (Å²) in [6.07, 6.45) is -5.42. The van der Waals surface area contributed by atoms with E-state index in [4.69, 9.17) is 0 Å². The minimum atomic E-state index is -4.68. The van der Waals surface area contributed by atoms with Crippen molar-refractivity contribution in [1.29, 1.82) is 0 Å². The zero-order valence-corrected chi connectivity index (χ0v) is 9.05. The topological polar surface area (TPSA) is 29.5 Å². The molecule has 1 rings (SSSR count). The highest BCUT2D eigenvalue weighted by atomic mass is 79.9. The molecule has 0 radical (unpaired) electrons. The van der Waals surface area contributed by atoms with Crippen molar-refractivity contribution in [2.45, 2.75) is 12.5 Å². The number of aliphatic hydroxyl groups excluding tert-OH is 1. The van der Waals surface area contributed by atoms with Crippen molar-refractivity contribution in [2.24, 2.45) is 0 Å². The molecule has 6 heteroatoms. The molecule has 1 aromatic carbocycles. The van der Waals surface area contributed by atoms with Gasteiger partial charge in [-0.25, -0.2) is 0 Å².